The molecule has 0 radical (unpaired) electrons. The highest BCUT2D eigenvalue weighted by Gasteiger charge is 2.14. The van der Waals surface area contributed by atoms with Gasteiger partial charge in [0, 0.05) is 6.20 Å². The molecule has 0 aliphatic heterocycles. The number of nitrogens with zero attached hydrogens (tertiary/aromatic N) is 1. The van der Waals surface area contributed by atoms with Gasteiger partial charge in [0.2, 0.25) is 0 Å². The summed E-state index contributed by atoms with van der Waals surface area (Å²) in [5.41, 5.74) is 0.216. The molecule has 0 unspecified atom stereocenters. The van der Waals surface area contributed by atoms with Gasteiger partial charge in [0.25, 0.3) is 5.91 Å². The minimum atomic E-state index is -0.689. The van der Waals surface area contributed by atoms with Gasteiger partial charge in [0.15, 0.2) is 23.9 Å². The first kappa shape index (κ1) is 18.8. The van der Waals surface area contributed by atoms with Gasteiger partial charge >= 0.3 is 5.97 Å². The van der Waals surface area contributed by atoms with E-state index in [0.717, 1.165) is 0 Å². The van der Waals surface area contributed by atoms with E-state index in [-0.39, 0.29) is 16.4 Å². The number of anilines is 1. The number of methoxy groups -OCH3 is 2. The highest BCUT2D eigenvalue weighted by atomic mass is 35.5. The van der Waals surface area contributed by atoms with Gasteiger partial charge in [-0.1, -0.05) is 23.2 Å². The second-order valence-electron chi connectivity index (χ2n) is 4.68. The number of carbonyl (C=O) groups excluding carboxylic acids is 2. The molecule has 0 aliphatic rings. The molecule has 1 aromatic heterocycles. The molecule has 0 atom stereocenters. The van der Waals surface area contributed by atoms with Crippen molar-refractivity contribution in [1.82, 2.24) is 4.98 Å². The van der Waals surface area contributed by atoms with E-state index in [1.165, 1.54) is 38.6 Å². The second kappa shape index (κ2) is 8.55. The highest BCUT2D eigenvalue weighted by Crippen LogP contribution is 2.27. The van der Waals surface area contributed by atoms with Gasteiger partial charge in [0.1, 0.15) is 0 Å². The van der Waals surface area contributed by atoms with Gasteiger partial charge in [0.05, 0.1) is 29.8 Å². The molecule has 0 saturated carbocycles. The average molecular weight is 385 g/mol. The van der Waals surface area contributed by atoms with Gasteiger partial charge in [-0.15, -0.1) is 0 Å². The molecule has 1 heterocycles. The summed E-state index contributed by atoms with van der Waals surface area (Å²) in [6.07, 6.45) is 1.33. The smallest absolute Gasteiger partial charge is 0.338 e. The van der Waals surface area contributed by atoms with Gasteiger partial charge < -0.3 is 19.5 Å². The van der Waals surface area contributed by atoms with Crippen LogP contribution in [0.25, 0.3) is 0 Å². The average Bonchev–Trinajstić information content (AvgIpc) is 2.61. The fourth-order valence-electron chi connectivity index (χ4n) is 1.85. The molecule has 7 nitrogen and oxygen atoms in total. The monoisotopic (exact) mass is 384 g/mol. The molecule has 0 bridgehead atoms. The number of aromatic nitrogens is 1. The molecule has 25 heavy (non-hydrogen) atoms. The van der Waals surface area contributed by atoms with Crippen molar-refractivity contribution in [2.24, 2.45) is 0 Å². The Morgan fingerprint density at radius 3 is 2.48 bits per heavy atom. The molecule has 132 valence electrons. The van der Waals surface area contributed by atoms with Crippen LogP contribution in [0, 0.1) is 0 Å². The summed E-state index contributed by atoms with van der Waals surface area (Å²) in [5, 5.41) is 2.93. The van der Waals surface area contributed by atoms with E-state index in [9.17, 15) is 9.59 Å². The largest absolute Gasteiger partial charge is 0.493 e. The predicted octanol–water partition coefficient (Wildman–Crippen LogP) is 3.20. The Balaban J connectivity index is 1.96. The van der Waals surface area contributed by atoms with E-state index in [0.29, 0.717) is 16.5 Å². The van der Waals surface area contributed by atoms with Crippen LogP contribution in [0.4, 0.5) is 5.82 Å². The Morgan fingerprint density at radius 2 is 1.84 bits per heavy atom. The quantitative estimate of drug-likeness (QED) is 0.769. The van der Waals surface area contributed by atoms with Crippen molar-refractivity contribution in [3.05, 3.63) is 46.1 Å². The molecule has 1 N–H and O–H groups in total. The number of carbonyl (C=O) groups is 2. The van der Waals surface area contributed by atoms with E-state index in [2.05, 4.69) is 10.3 Å². The maximum absolute atomic E-state index is 12.0. The molecule has 1 aromatic carbocycles. The van der Waals surface area contributed by atoms with E-state index in [4.69, 9.17) is 37.4 Å². The standard InChI is InChI=1S/C16H14Cl2N2O5/c1-23-12-4-3-9(5-13(12)24-2)16(22)25-8-14(21)20-15-11(18)6-10(17)7-19-15/h3-7H,8H2,1-2H3,(H,19,20,21). The van der Waals surface area contributed by atoms with Crippen molar-refractivity contribution in [3.63, 3.8) is 0 Å². The normalized spacial score (nSPS) is 10.1. The molecule has 2 aromatic rings. The predicted molar refractivity (Wildman–Crippen MR) is 92.7 cm³/mol. The molecule has 0 spiro atoms. The van der Waals surface area contributed by atoms with Crippen molar-refractivity contribution in [3.8, 4) is 11.5 Å². The number of amides is 1. The summed E-state index contributed by atoms with van der Waals surface area (Å²) in [7, 11) is 2.93. The molecular weight excluding hydrogens is 371 g/mol. The van der Waals surface area contributed by atoms with Crippen LogP contribution in [0.2, 0.25) is 10.0 Å². The second-order valence-corrected chi connectivity index (χ2v) is 5.52. The summed E-state index contributed by atoms with van der Waals surface area (Å²) in [5.74, 6) is -0.311. The Labute approximate surface area is 153 Å². The van der Waals surface area contributed by atoms with Crippen LogP contribution < -0.4 is 14.8 Å². The Hall–Kier alpha value is -2.51. The van der Waals surface area contributed by atoms with E-state index < -0.39 is 18.5 Å². The number of hydrogen-bond acceptors (Lipinski definition) is 6. The van der Waals surface area contributed by atoms with Gasteiger partial charge in [-0.3, -0.25) is 4.79 Å². The third-order valence-corrected chi connectivity index (χ3v) is 3.51. The minimum absolute atomic E-state index is 0.123. The van der Waals surface area contributed by atoms with E-state index >= 15 is 0 Å². The fraction of sp³-hybridized carbons (Fsp3) is 0.188. The molecule has 0 saturated heterocycles. The van der Waals surface area contributed by atoms with Crippen LogP contribution in [0.5, 0.6) is 11.5 Å². The van der Waals surface area contributed by atoms with Crippen LogP contribution in [0.3, 0.4) is 0 Å². The maximum Gasteiger partial charge on any atom is 0.338 e. The van der Waals surface area contributed by atoms with Crippen LogP contribution >= 0.6 is 23.2 Å². The Kier molecular flexibility index (Phi) is 6.44. The molecule has 0 aliphatic carbocycles. The zero-order chi connectivity index (χ0) is 18.4. The van der Waals surface area contributed by atoms with Gasteiger partial charge in [-0.05, 0) is 24.3 Å². The van der Waals surface area contributed by atoms with Crippen LogP contribution in [-0.2, 0) is 9.53 Å². The van der Waals surface area contributed by atoms with Crippen molar-refractivity contribution < 1.29 is 23.8 Å². The van der Waals surface area contributed by atoms with Crippen molar-refractivity contribution in [2.45, 2.75) is 0 Å². The summed E-state index contributed by atoms with van der Waals surface area (Å²) >= 11 is 11.6. The van der Waals surface area contributed by atoms with Crippen LogP contribution in [0.1, 0.15) is 10.4 Å². The summed E-state index contributed by atoms with van der Waals surface area (Å²) in [6.45, 7) is -0.506. The number of nitrogens with one attached hydrogen (secondary N) is 1. The summed E-state index contributed by atoms with van der Waals surface area (Å²) in [4.78, 5) is 27.7. The minimum Gasteiger partial charge on any atom is -0.493 e. The van der Waals surface area contributed by atoms with Crippen LogP contribution in [-0.4, -0.2) is 37.7 Å². The third-order valence-electron chi connectivity index (χ3n) is 3.02. The molecule has 1 amide bonds. The number of halogens is 2. The lowest BCUT2D eigenvalue weighted by Gasteiger charge is -2.10. The van der Waals surface area contributed by atoms with Crippen molar-refractivity contribution in [1.29, 1.82) is 0 Å². The summed E-state index contributed by atoms with van der Waals surface area (Å²) in [6, 6.07) is 5.95. The highest BCUT2D eigenvalue weighted by molar-refractivity contribution is 6.36. The lowest BCUT2D eigenvalue weighted by Crippen LogP contribution is -2.21. The Bertz CT molecular complexity index is 798. The number of ether oxygens (including phenoxy) is 3. The van der Waals surface area contributed by atoms with Gasteiger partial charge in [-0.25, -0.2) is 9.78 Å². The first-order valence-electron chi connectivity index (χ1n) is 6.94. The third kappa shape index (κ3) is 4.98. The first-order valence-corrected chi connectivity index (χ1v) is 7.70. The molecule has 0 fully saturated rings. The molecule has 2 rings (SSSR count). The zero-order valence-corrected chi connectivity index (χ0v) is 14.9. The number of benzene rings is 1. The number of pyridine rings is 1. The zero-order valence-electron chi connectivity index (χ0n) is 13.3. The number of hydrogen-bond donors (Lipinski definition) is 1. The fourth-order valence-corrected chi connectivity index (χ4v) is 2.28. The van der Waals surface area contributed by atoms with E-state index in [1.54, 1.807) is 6.07 Å². The molecule has 9 heteroatoms. The number of rotatable bonds is 6. The van der Waals surface area contributed by atoms with Crippen molar-refractivity contribution >= 4 is 40.9 Å². The first-order chi connectivity index (χ1) is 11.9. The summed E-state index contributed by atoms with van der Waals surface area (Å²) < 4.78 is 15.1. The molecular formula is C16H14Cl2N2O5. The van der Waals surface area contributed by atoms with Crippen molar-refractivity contribution in [2.75, 3.05) is 26.1 Å². The van der Waals surface area contributed by atoms with E-state index in [1.807, 2.05) is 0 Å². The maximum atomic E-state index is 12.0. The Morgan fingerprint density at radius 1 is 1.12 bits per heavy atom. The SMILES string of the molecule is COc1ccc(C(=O)OCC(=O)Nc2ncc(Cl)cc2Cl)cc1OC. The van der Waals surface area contributed by atoms with Crippen LogP contribution in [0.15, 0.2) is 30.5 Å². The topological polar surface area (TPSA) is 86.8 Å². The lowest BCUT2D eigenvalue weighted by atomic mass is 10.2. The lowest BCUT2D eigenvalue weighted by molar-refractivity contribution is -0.119. The van der Waals surface area contributed by atoms with Gasteiger partial charge in [-0.2, -0.15) is 0 Å². The number of esters is 1.